The fourth-order valence-corrected chi connectivity index (χ4v) is 4.42. The van der Waals surface area contributed by atoms with E-state index >= 15 is 0 Å². The van der Waals surface area contributed by atoms with Crippen LogP contribution in [0.4, 0.5) is 5.69 Å². The normalized spacial score (nSPS) is 15.6. The number of halogens is 1. The monoisotopic (exact) mass is 480 g/mol. The summed E-state index contributed by atoms with van der Waals surface area (Å²) in [5.74, 6) is -0.814. The van der Waals surface area contributed by atoms with Crippen LogP contribution in [0.15, 0.2) is 80.9 Å². The second-order valence-electron chi connectivity index (χ2n) is 6.76. The SMILES string of the molecule is O=C1NC(=S)N(c2cccc(Cl)c2)C(=O)C1=Cc1ccc(Sc2nc3ccccc3[nH]2)o1. The number of aromatic nitrogens is 2. The Kier molecular flexibility index (Phi) is 5.30. The molecule has 1 saturated heterocycles. The van der Waals surface area contributed by atoms with E-state index in [0.29, 0.717) is 26.7 Å². The van der Waals surface area contributed by atoms with Gasteiger partial charge in [-0.1, -0.05) is 29.8 Å². The summed E-state index contributed by atoms with van der Waals surface area (Å²) >= 11 is 12.5. The van der Waals surface area contributed by atoms with E-state index in [0.717, 1.165) is 11.0 Å². The highest BCUT2D eigenvalue weighted by Gasteiger charge is 2.34. The molecular weight excluding hydrogens is 468 g/mol. The lowest BCUT2D eigenvalue weighted by Crippen LogP contribution is -2.54. The molecule has 0 atom stereocenters. The van der Waals surface area contributed by atoms with Crippen LogP contribution in [0.5, 0.6) is 0 Å². The maximum atomic E-state index is 13.1. The number of imidazole rings is 1. The first-order chi connectivity index (χ1) is 15.5. The van der Waals surface area contributed by atoms with Crippen LogP contribution in [0.1, 0.15) is 5.76 Å². The molecule has 10 heteroatoms. The molecule has 5 rings (SSSR count). The maximum Gasteiger partial charge on any atom is 0.270 e. The predicted molar refractivity (Wildman–Crippen MR) is 127 cm³/mol. The summed E-state index contributed by atoms with van der Waals surface area (Å²) in [5, 5.41) is 4.19. The van der Waals surface area contributed by atoms with Crippen molar-refractivity contribution in [2.24, 2.45) is 0 Å². The molecule has 2 amide bonds. The number of para-hydroxylation sites is 2. The largest absolute Gasteiger partial charge is 0.450 e. The zero-order valence-electron chi connectivity index (χ0n) is 16.2. The molecule has 2 aromatic heterocycles. The van der Waals surface area contributed by atoms with Crippen molar-refractivity contribution < 1.29 is 14.0 Å². The Balaban J connectivity index is 1.41. The molecule has 0 unspecified atom stereocenters. The smallest absolute Gasteiger partial charge is 0.270 e. The van der Waals surface area contributed by atoms with Crippen LogP contribution in [-0.4, -0.2) is 26.9 Å². The van der Waals surface area contributed by atoms with Crippen molar-refractivity contribution in [1.29, 1.82) is 0 Å². The van der Waals surface area contributed by atoms with E-state index in [9.17, 15) is 9.59 Å². The van der Waals surface area contributed by atoms with E-state index < -0.39 is 11.8 Å². The second kappa shape index (κ2) is 8.27. The van der Waals surface area contributed by atoms with E-state index in [-0.39, 0.29) is 10.7 Å². The first-order valence-corrected chi connectivity index (χ1v) is 11.0. The zero-order valence-corrected chi connectivity index (χ0v) is 18.6. The average Bonchev–Trinajstić information content (AvgIpc) is 3.37. The number of rotatable bonds is 4. The number of carbonyl (C=O) groups is 2. The Morgan fingerprint density at radius 2 is 1.94 bits per heavy atom. The van der Waals surface area contributed by atoms with E-state index in [4.69, 9.17) is 28.2 Å². The Bertz CT molecular complexity index is 1390. The molecule has 0 saturated carbocycles. The van der Waals surface area contributed by atoms with Crippen LogP contribution in [0.3, 0.4) is 0 Å². The van der Waals surface area contributed by atoms with Gasteiger partial charge in [0.25, 0.3) is 11.8 Å². The number of hydrogen-bond acceptors (Lipinski definition) is 6. The van der Waals surface area contributed by atoms with E-state index in [1.165, 1.54) is 22.7 Å². The van der Waals surface area contributed by atoms with Gasteiger partial charge in [0.2, 0.25) is 0 Å². The molecule has 2 N–H and O–H groups in total. The molecule has 32 heavy (non-hydrogen) atoms. The summed E-state index contributed by atoms with van der Waals surface area (Å²) < 4.78 is 5.79. The first kappa shape index (κ1) is 20.5. The number of carbonyl (C=O) groups excluding carboxylic acids is 2. The number of furan rings is 1. The van der Waals surface area contributed by atoms with Crippen LogP contribution in [0.2, 0.25) is 5.02 Å². The summed E-state index contributed by atoms with van der Waals surface area (Å²) in [4.78, 5) is 34.5. The summed E-state index contributed by atoms with van der Waals surface area (Å²) in [5.41, 5.74) is 2.13. The van der Waals surface area contributed by atoms with Gasteiger partial charge in [0.1, 0.15) is 11.3 Å². The van der Waals surface area contributed by atoms with Crippen LogP contribution >= 0.6 is 35.6 Å². The Morgan fingerprint density at radius 1 is 1.09 bits per heavy atom. The average molecular weight is 481 g/mol. The van der Waals surface area contributed by atoms with Gasteiger partial charge in [-0.25, -0.2) is 4.98 Å². The van der Waals surface area contributed by atoms with Crippen molar-refractivity contribution in [3.63, 3.8) is 0 Å². The molecule has 0 radical (unpaired) electrons. The lowest BCUT2D eigenvalue weighted by Gasteiger charge is -2.28. The Morgan fingerprint density at radius 3 is 2.75 bits per heavy atom. The highest BCUT2D eigenvalue weighted by molar-refractivity contribution is 7.99. The summed E-state index contributed by atoms with van der Waals surface area (Å²) in [6.45, 7) is 0. The number of anilines is 1. The van der Waals surface area contributed by atoms with Gasteiger partial charge in [-0.15, -0.1) is 0 Å². The third-order valence-corrected chi connectivity index (χ3v) is 5.95. The van der Waals surface area contributed by atoms with E-state index in [1.807, 2.05) is 24.3 Å². The molecule has 3 heterocycles. The first-order valence-electron chi connectivity index (χ1n) is 9.37. The summed E-state index contributed by atoms with van der Waals surface area (Å²) in [7, 11) is 0. The van der Waals surface area contributed by atoms with Crippen molar-refractivity contribution in [3.05, 3.63) is 77.0 Å². The van der Waals surface area contributed by atoms with E-state index in [2.05, 4.69) is 15.3 Å². The van der Waals surface area contributed by atoms with Crippen molar-refractivity contribution in [2.75, 3.05) is 4.90 Å². The van der Waals surface area contributed by atoms with E-state index in [1.54, 1.807) is 36.4 Å². The van der Waals surface area contributed by atoms with Crippen LogP contribution < -0.4 is 10.2 Å². The van der Waals surface area contributed by atoms with Gasteiger partial charge in [0.15, 0.2) is 15.4 Å². The van der Waals surface area contributed by atoms with Gasteiger partial charge >= 0.3 is 0 Å². The summed E-state index contributed by atoms with van der Waals surface area (Å²) in [6.07, 6.45) is 1.39. The number of amides is 2. The number of aromatic amines is 1. The fourth-order valence-electron chi connectivity index (χ4n) is 3.19. The molecule has 2 aromatic carbocycles. The van der Waals surface area contributed by atoms with Gasteiger partial charge in [0, 0.05) is 5.02 Å². The number of H-pyrrole nitrogens is 1. The molecule has 1 aliphatic heterocycles. The predicted octanol–water partition coefficient (Wildman–Crippen LogP) is 4.79. The molecule has 0 spiro atoms. The lowest BCUT2D eigenvalue weighted by molar-refractivity contribution is -0.122. The van der Waals surface area contributed by atoms with Crippen LogP contribution in [-0.2, 0) is 9.59 Å². The van der Waals surface area contributed by atoms with Gasteiger partial charge in [-0.05, 0) is 72.5 Å². The topological polar surface area (TPSA) is 91.2 Å². The maximum absolute atomic E-state index is 13.1. The molecule has 0 bridgehead atoms. The molecule has 1 fully saturated rings. The van der Waals surface area contributed by atoms with Crippen LogP contribution in [0.25, 0.3) is 17.1 Å². The quantitative estimate of drug-likeness (QED) is 0.248. The highest BCUT2D eigenvalue weighted by atomic mass is 35.5. The molecular formula is C22H13ClN4O3S2. The number of hydrogen-bond donors (Lipinski definition) is 2. The number of nitrogens with one attached hydrogen (secondary N) is 2. The van der Waals surface area contributed by atoms with Gasteiger partial charge in [-0.2, -0.15) is 0 Å². The minimum absolute atomic E-state index is 0.0139. The third-order valence-electron chi connectivity index (χ3n) is 4.62. The number of nitrogens with zero attached hydrogens (tertiary/aromatic N) is 2. The number of benzene rings is 2. The number of thiocarbonyl (C=S) groups is 1. The van der Waals surface area contributed by atoms with Gasteiger partial charge < -0.3 is 9.40 Å². The molecule has 0 aliphatic carbocycles. The zero-order chi connectivity index (χ0) is 22.2. The molecule has 1 aliphatic rings. The minimum atomic E-state index is -0.596. The molecule has 158 valence electrons. The van der Waals surface area contributed by atoms with Crippen molar-refractivity contribution >= 4 is 75.3 Å². The molecule has 7 nitrogen and oxygen atoms in total. The van der Waals surface area contributed by atoms with Gasteiger partial charge in [0.05, 0.1) is 16.7 Å². The number of fused-ring (bicyclic) bond motifs is 1. The standard InChI is InChI=1S/C22H13ClN4O3S2/c23-12-4-3-5-13(10-12)27-20(29)15(19(28)26-22(27)31)11-14-8-9-18(30-14)32-21-24-16-6-1-2-7-17(16)25-21/h1-11H,(H,24,25)(H,26,28,31). The van der Waals surface area contributed by atoms with Gasteiger partial charge in [-0.3, -0.25) is 19.8 Å². The van der Waals surface area contributed by atoms with Crippen molar-refractivity contribution in [2.45, 2.75) is 10.2 Å². The van der Waals surface area contributed by atoms with Crippen LogP contribution in [0, 0.1) is 0 Å². The molecule has 4 aromatic rings. The Hall–Kier alpha value is -3.40. The Labute approximate surface area is 196 Å². The van der Waals surface area contributed by atoms with Crippen molar-refractivity contribution in [3.8, 4) is 0 Å². The minimum Gasteiger partial charge on any atom is -0.450 e. The highest BCUT2D eigenvalue weighted by Crippen LogP contribution is 2.30. The van der Waals surface area contributed by atoms with Crippen molar-refractivity contribution in [1.82, 2.24) is 15.3 Å². The second-order valence-corrected chi connectivity index (χ2v) is 8.57. The lowest BCUT2D eigenvalue weighted by atomic mass is 10.1. The third kappa shape index (κ3) is 3.93. The summed E-state index contributed by atoms with van der Waals surface area (Å²) in [6, 6.07) is 17.8. The fraction of sp³-hybridized carbons (Fsp3) is 0.